The summed E-state index contributed by atoms with van der Waals surface area (Å²) in [5.74, 6) is 0.828. The number of methoxy groups -OCH3 is 1. The van der Waals surface area contributed by atoms with E-state index in [1.165, 1.54) is 0 Å². The van der Waals surface area contributed by atoms with Crippen LogP contribution in [0.1, 0.15) is 5.01 Å². The summed E-state index contributed by atoms with van der Waals surface area (Å²) in [6, 6.07) is 3.99. The number of thiazole rings is 1. The van der Waals surface area contributed by atoms with E-state index in [9.17, 15) is 0 Å². The fourth-order valence-electron chi connectivity index (χ4n) is 1.23. The molecule has 4 heteroatoms. The average Bonchev–Trinajstić information content (AvgIpc) is 2.43. The molecule has 2 aromatic rings. The van der Waals surface area contributed by atoms with Crippen LogP contribution in [0.15, 0.2) is 16.6 Å². The number of hydrogen-bond acceptors (Lipinski definition) is 3. The van der Waals surface area contributed by atoms with E-state index in [0.717, 1.165) is 25.4 Å². The van der Waals surface area contributed by atoms with Gasteiger partial charge in [-0.05, 0) is 19.1 Å². The van der Waals surface area contributed by atoms with Gasteiger partial charge in [-0.25, -0.2) is 4.98 Å². The van der Waals surface area contributed by atoms with Crippen LogP contribution < -0.4 is 4.74 Å². The first-order chi connectivity index (χ1) is 6.20. The van der Waals surface area contributed by atoms with Crippen LogP contribution in [-0.4, -0.2) is 12.1 Å². The van der Waals surface area contributed by atoms with Crippen LogP contribution in [0.3, 0.4) is 0 Å². The molecule has 0 spiro atoms. The van der Waals surface area contributed by atoms with Gasteiger partial charge in [0.15, 0.2) is 0 Å². The van der Waals surface area contributed by atoms with Crippen molar-refractivity contribution in [2.45, 2.75) is 6.92 Å². The monoisotopic (exact) mass is 257 g/mol. The van der Waals surface area contributed by atoms with Crippen molar-refractivity contribution in [2.75, 3.05) is 7.11 Å². The van der Waals surface area contributed by atoms with Crippen molar-refractivity contribution in [3.8, 4) is 5.75 Å². The van der Waals surface area contributed by atoms with Crippen LogP contribution in [0, 0.1) is 6.92 Å². The van der Waals surface area contributed by atoms with Gasteiger partial charge in [0.25, 0.3) is 0 Å². The highest BCUT2D eigenvalue weighted by Crippen LogP contribution is 2.32. The lowest BCUT2D eigenvalue weighted by Crippen LogP contribution is -1.84. The summed E-state index contributed by atoms with van der Waals surface area (Å²) >= 11 is 5.11. The topological polar surface area (TPSA) is 22.1 Å². The number of nitrogens with zero attached hydrogens (tertiary/aromatic N) is 1. The van der Waals surface area contributed by atoms with Gasteiger partial charge in [-0.3, -0.25) is 0 Å². The van der Waals surface area contributed by atoms with Gasteiger partial charge in [-0.15, -0.1) is 11.3 Å². The Labute approximate surface area is 88.7 Å². The predicted molar refractivity (Wildman–Crippen MR) is 58.6 cm³/mol. The summed E-state index contributed by atoms with van der Waals surface area (Å²) in [6.07, 6.45) is 0. The number of fused-ring (bicyclic) bond motifs is 1. The number of ether oxygens (including phenoxy) is 1. The second kappa shape index (κ2) is 3.27. The van der Waals surface area contributed by atoms with Gasteiger partial charge in [0, 0.05) is 4.47 Å². The third kappa shape index (κ3) is 1.56. The fraction of sp³-hybridized carbons (Fsp3) is 0.222. The molecule has 0 bridgehead atoms. The highest BCUT2D eigenvalue weighted by atomic mass is 79.9. The molecule has 13 heavy (non-hydrogen) atoms. The highest BCUT2D eigenvalue weighted by molar-refractivity contribution is 9.10. The van der Waals surface area contributed by atoms with E-state index in [2.05, 4.69) is 27.0 Å². The van der Waals surface area contributed by atoms with E-state index in [1.807, 2.05) is 13.0 Å². The third-order valence-electron chi connectivity index (χ3n) is 1.75. The Balaban J connectivity index is 2.80. The maximum atomic E-state index is 5.24. The molecule has 0 aliphatic carbocycles. The van der Waals surface area contributed by atoms with Crippen molar-refractivity contribution in [3.05, 3.63) is 21.6 Å². The Kier molecular flexibility index (Phi) is 2.26. The molecule has 0 amide bonds. The van der Waals surface area contributed by atoms with Gasteiger partial charge in [0.1, 0.15) is 11.3 Å². The van der Waals surface area contributed by atoms with E-state index >= 15 is 0 Å². The van der Waals surface area contributed by atoms with Crippen LogP contribution in [0.25, 0.3) is 10.2 Å². The van der Waals surface area contributed by atoms with Crippen molar-refractivity contribution in [1.29, 1.82) is 0 Å². The SMILES string of the molecule is COc1cc(Br)cc2sc(C)nc12. The standard InChI is InChI=1S/C9H8BrNOS/c1-5-11-9-7(12-2)3-6(10)4-8(9)13-5/h3-4H,1-2H3. The van der Waals surface area contributed by atoms with E-state index in [1.54, 1.807) is 18.4 Å². The largest absolute Gasteiger partial charge is 0.494 e. The molecule has 0 saturated carbocycles. The molecule has 68 valence electrons. The minimum Gasteiger partial charge on any atom is -0.494 e. The Morgan fingerprint density at radius 2 is 2.23 bits per heavy atom. The van der Waals surface area contributed by atoms with Crippen LogP contribution >= 0.6 is 27.3 Å². The number of aromatic nitrogens is 1. The number of hydrogen-bond donors (Lipinski definition) is 0. The molecule has 0 fully saturated rings. The van der Waals surface area contributed by atoms with Crippen LogP contribution in [-0.2, 0) is 0 Å². The molecule has 0 aliphatic heterocycles. The van der Waals surface area contributed by atoms with Gasteiger partial charge >= 0.3 is 0 Å². The number of aryl methyl sites for hydroxylation is 1. The summed E-state index contributed by atoms with van der Waals surface area (Å²) in [4.78, 5) is 4.40. The minimum absolute atomic E-state index is 0.828. The summed E-state index contributed by atoms with van der Waals surface area (Å²) in [7, 11) is 1.66. The molecular formula is C9H8BrNOS. The lowest BCUT2D eigenvalue weighted by atomic mass is 10.3. The normalized spacial score (nSPS) is 10.7. The molecule has 1 aromatic carbocycles. The maximum Gasteiger partial charge on any atom is 0.147 e. The van der Waals surface area contributed by atoms with E-state index in [-0.39, 0.29) is 0 Å². The first-order valence-corrected chi connectivity index (χ1v) is 5.42. The Bertz CT molecular complexity index is 452. The smallest absolute Gasteiger partial charge is 0.147 e. The van der Waals surface area contributed by atoms with Crippen LogP contribution in [0.5, 0.6) is 5.75 Å². The molecule has 0 aliphatic rings. The van der Waals surface area contributed by atoms with Gasteiger partial charge < -0.3 is 4.74 Å². The zero-order chi connectivity index (χ0) is 9.42. The second-order valence-corrected chi connectivity index (χ2v) is 4.84. The lowest BCUT2D eigenvalue weighted by molar-refractivity contribution is 0.418. The highest BCUT2D eigenvalue weighted by Gasteiger charge is 2.07. The van der Waals surface area contributed by atoms with Gasteiger partial charge in [-0.1, -0.05) is 15.9 Å². The quantitative estimate of drug-likeness (QED) is 0.782. The van der Waals surface area contributed by atoms with Crippen LogP contribution in [0.2, 0.25) is 0 Å². The van der Waals surface area contributed by atoms with E-state index < -0.39 is 0 Å². The second-order valence-electron chi connectivity index (χ2n) is 2.69. The fourth-order valence-corrected chi connectivity index (χ4v) is 2.71. The summed E-state index contributed by atoms with van der Waals surface area (Å²) < 4.78 is 7.42. The van der Waals surface area contributed by atoms with Crippen molar-refractivity contribution >= 4 is 37.5 Å². The molecule has 0 N–H and O–H groups in total. The van der Waals surface area contributed by atoms with Crippen molar-refractivity contribution in [1.82, 2.24) is 4.98 Å². The molecule has 0 unspecified atom stereocenters. The van der Waals surface area contributed by atoms with Gasteiger partial charge in [0.05, 0.1) is 16.8 Å². The number of rotatable bonds is 1. The lowest BCUT2D eigenvalue weighted by Gasteiger charge is -2.00. The molecule has 1 aromatic heterocycles. The Hall–Kier alpha value is -0.610. The molecule has 1 heterocycles. The van der Waals surface area contributed by atoms with Crippen molar-refractivity contribution in [2.24, 2.45) is 0 Å². The maximum absolute atomic E-state index is 5.24. The molecule has 2 rings (SSSR count). The number of halogens is 1. The zero-order valence-electron chi connectivity index (χ0n) is 7.30. The van der Waals surface area contributed by atoms with Gasteiger partial charge in [0.2, 0.25) is 0 Å². The summed E-state index contributed by atoms with van der Waals surface area (Å²) in [5, 5.41) is 1.06. The molecular weight excluding hydrogens is 250 g/mol. The van der Waals surface area contributed by atoms with Crippen LogP contribution in [0.4, 0.5) is 0 Å². The molecule has 0 saturated heterocycles. The Morgan fingerprint density at radius 1 is 1.46 bits per heavy atom. The Morgan fingerprint density at radius 3 is 2.92 bits per heavy atom. The third-order valence-corrected chi connectivity index (χ3v) is 3.13. The van der Waals surface area contributed by atoms with Crippen molar-refractivity contribution < 1.29 is 4.74 Å². The first-order valence-electron chi connectivity index (χ1n) is 3.81. The van der Waals surface area contributed by atoms with E-state index in [4.69, 9.17) is 4.74 Å². The first kappa shape index (κ1) is 8.97. The van der Waals surface area contributed by atoms with Crippen molar-refractivity contribution in [3.63, 3.8) is 0 Å². The van der Waals surface area contributed by atoms with Gasteiger partial charge in [-0.2, -0.15) is 0 Å². The van der Waals surface area contributed by atoms with E-state index in [0.29, 0.717) is 0 Å². The minimum atomic E-state index is 0.828. The molecule has 0 atom stereocenters. The average molecular weight is 258 g/mol. The molecule has 2 nitrogen and oxygen atoms in total. The zero-order valence-corrected chi connectivity index (χ0v) is 9.70. The number of benzene rings is 1. The molecule has 0 radical (unpaired) electrons. The summed E-state index contributed by atoms with van der Waals surface area (Å²) in [5.41, 5.74) is 0.952. The predicted octanol–water partition coefficient (Wildman–Crippen LogP) is 3.38. The summed E-state index contributed by atoms with van der Waals surface area (Å²) in [6.45, 7) is 2.00.